The number of aliphatic carboxylic acids is 1. The molecule has 0 amide bonds. The molecule has 1 N–H and O–H groups in total. The summed E-state index contributed by atoms with van der Waals surface area (Å²) in [4.78, 5) is 23.5. The van der Waals surface area contributed by atoms with Crippen molar-refractivity contribution in [1.29, 1.82) is 0 Å². The van der Waals surface area contributed by atoms with Crippen LogP contribution in [0.5, 0.6) is 0 Å². The first-order chi connectivity index (χ1) is 10.8. The van der Waals surface area contributed by atoms with E-state index in [0.29, 0.717) is 18.8 Å². The van der Waals surface area contributed by atoms with Crippen LogP contribution in [0, 0.1) is 0 Å². The molecule has 23 heavy (non-hydrogen) atoms. The van der Waals surface area contributed by atoms with Crippen LogP contribution in [0.4, 0.5) is 0 Å². The molecular weight excluding hydrogens is 423 g/mol. The van der Waals surface area contributed by atoms with Gasteiger partial charge in [-0.05, 0) is 49.2 Å². The monoisotopic (exact) mass is 438 g/mol. The maximum atomic E-state index is 12.2. The molecule has 0 aliphatic heterocycles. The fourth-order valence-corrected chi connectivity index (χ4v) is 6.61. The van der Waals surface area contributed by atoms with E-state index < -0.39 is 17.4 Å². The van der Waals surface area contributed by atoms with Gasteiger partial charge in [0.2, 0.25) is 0 Å². The molecule has 5 nitrogen and oxygen atoms in total. The van der Waals surface area contributed by atoms with Gasteiger partial charge in [0.1, 0.15) is 4.91 Å². The summed E-state index contributed by atoms with van der Waals surface area (Å²) in [6.45, 7) is 4.10. The van der Waals surface area contributed by atoms with Gasteiger partial charge in [0.25, 0.3) is 5.69 Å². The highest BCUT2D eigenvalue weighted by Crippen LogP contribution is 2.63. The minimum atomic E-state index is -2.85. The van der Waals surface area contributed by atoms with Crippen LogP contribution in [0.2, 0.25) is 0 Å². The number of hydrogen-bond donors (Lipinski definition) is 1. The van der Waals surface area contributed by atoms with Gasteiger partial charge in [0.15, 0.2) is 5.78 Å². The maximum Gasteiger partial charge on any atom is 0.342 e. The van der Waals surface area contributed by atoms with Crippen molar-refractivity contribution in [2.24, 2.45) is 0 Å². The molecule has 0 fully saturated rings. The Balaban J connectivity index is 3.08. The molecule has 0 bridgehead atoms. The Morgan fingerprint density at radius 1 is 1.35 bits per heavy atom. The molecule has 0 unspecified atom stereocenters. The second-order valence-corrected chi connectivity index (χ2v) is 11.1. The van der Waals surface area contributed by atoms with Crippen LogP contribution in [0.3, 0.4) is 0 Å². The van der Waals surface area contributed by atoms with Crippen molar-refractivity contribution in [2.45, 2.75) is 13.8 Å². The standard InChI is InChI=1S/C14H16BrO5PS2/c1-3-19-21(22,20-4-2)23-13(14(17)18)9-12(16)10-6-5-7-11(15)8-10/h5-9H,3-4H2,1-2H3,(H,17,18). The summed E-state index contributed by atoms with van der Waals surface area (Å²) in [7, 11) is 0. The lowest BCUT2D eigenvalue weighted by Crippen LogP contribution is -2.03. The number of allylic oxidation sites excluding steroid dienone is 1. The summed E-state index contributed by atoms with van der Waals surface area (Å²) in [5.74, 6) is -1.67. The van der Waals surface area contributed by atoms with Gasteiger partial charge in [-0.15, -0.1) is 0 Å². The van der Waals surface area contributed by atoms with Gasteiger partial charge in [0, 0.05) is 16.1 Å². The summed E-state index contributed by atoms with van der Waals surface area (Å²) in [5.41, 5.74) is -2.47. The predicted molar refractivity (Wildman–Crippen MR) is 99.3 cm³/mol. The molecule has 0 aromatic heterocycles. The first-order valence-electron chi connectivity index (χ1n) is 6.65. The van der Waals surface area contributed by atoms with Crippen LogP contribution in [-0.2, 0) is 25.6 Å². The van der Waals surface area contributed by atoms with Gasteiger partial charge in [-0.25, -0.2) is 4.79 Å². The molecule has 0 heterocycles. The summed E-state index contributed by atoms with van der Waals surface area (Å²) < 4.78 is 11.5. The highest BCUT2D eigenvalue weighted by molar-refractivity contribution is 9.10. The van der Waals surface area contributed by atoms with Gasteiger partial charge < -0.3 is 14.2 Å². The second-order valence-electron chi connectivity index (χ2n) is 4.06. The van der Waals surface area contributed by atoms with Gasteiger partial charge in [-0.3, -0.25) is 4.79 Å². The van der Waals surface area contributed by atoms with Crippen LogP contribution in [0.15, 0.2) is 39.7 Å². The second kappa shape index (κ2) is 9.71. The van der Waals surface area contributed by atoms with Gasteiger partial charge >= 0.3 is 5.97 Å². The van der Waals surface area contributed by atoms with Crippen molar-refractivity contribution < 1.29 is 23.7 Å². The molecule has 1 aromatic carbocycles. The summed E-state index contributed by atoms with van der Waals surface area (Å²) >= 11 is 9.35. The van der Waals surface area contributed by atoms with Crippen LogP contribution >= 0.6 is 33.0 Å². The molecule has 0 aliphatic rings. The number of rotatable bonds is 9. The number of carboxylic acids is 1. The highest BCUT2D eigenvalue weighted by Gasteiger charge is 2.25. The summed E-state index contributed by atoms with van der Waals surface area (Å²) in [6.07, 6.45) is 1.05. The zero-order chi connectivity index (χ0) is 17.5. The smallest absolute Gasteiger partial charge is 0.342 e. The van der Waals surface area contributed by atoms with E-state index in [2.05, 4.69) is 15.9 Å². The van der Waals surface area contributed by atoms with Crippen molar-refractivity contribution in [1.82, 2.24) is 0 Å². The maximum absolute atomic E-state index is 12.2. The Morgan fingerprint density at radius 2 is 1.96 bits per heavy atom. The fraction of sp³-hybridized carbons (Fsp3) is 0.286. The number of carboxylic acid groups (broad SMARTS) is 1. The van der Waals surface area contributed by atoms with Crippen molar-refractivity contribution in [3.63, 3.8) is 0 Å². The normalized spacial score (nSPS) is 12.2. The molecule has 1 rings (SSSR count). The van der Waals surface area contributed by atoms with E-state index in [-0.39, 0.29) is 4.91 Å². The highest BCUT2D eigenvalue weighted by atomic mass is 79.9. The van der Waals surface area contributed by atoms with Gasteiger partial charge in [-0.2, -0.15) is 0 Å². The lowest BCUT2D eigenvalue weighted by molar-refractivity contribution is -0.131. The topological polar surface area (TPSA) is 72.8 Å². The van der Waals surface area contributed by atoms with E-state index in [0.717, 1.165) is 21.9 Å². The molecular formula is C14H16BrO5PS2. The van der Waals surface area contributed by atoms with E-state index >= 15 is 0 Å². The van der Waals surface area contributed by atoms with Gasteiger partial charge in [-0.1, -0.05) is 28.1 Å². The Labute approximate surface area is 152 Å². The molecule has 1 aromatic rings. The molecule has 126 valence electrons. The zero-order valence-corrected chi connectivity index (χ0v) is 16.6. The van der Waals surface area contributed by atoms with E-state index in [1.807, 2.05) is 0 Å². The summed E-state index contributed by atoms with van der Waals surface area (Å²) in [5, 5.41) is 9.33. The molecule has 0 radical (unpaired) electrons. The van der Waals surface area contributed by atoms with Crippen LogP contribution in [0.1, 0.15) is 24.2 Å². The molecule has 0 atom stereocenters. The third-order valence-electron chi connectivity index (χ3n) is 2.37. The van der Waals surface area contributed by atoms with Crippen molar-refractivity contribution in [3.8, 4) is 0 Å². The zero-order valence-electron chi connectivity index (χ0n) is 12.5. The third kappa shape index (κ3) is 6.87. The Morgan fingerprint density at radius 3 is 2.43 bits per heavy atom. The molecule has 9 heteroatoms. The van der Waals surface area contributed by atoms with Crippen LogP contribution in [0.25, 0.3) is 0 Å². The average molecular weight is 439 g/mol. The van der Waals surface area contributed by atoms with Gasteiger partial charge in [0.05, 0.1) is 13.2 Å². The van der Waals surface area contributed by atoms with E-state index in [1.54, 1.807) is 38.1 Å². The van der Waals surface area contributed by atoms with E-state index in [9.17, 15) is 14.7 Å². The van der Waals surface area contributed by atoms with Crippen molar-refractivity contribution >= 4 is 56.6 Å². The van der Waals surface area contributed by atoms with Crippen molar-refractivity contribution in [2.75, 3.05) is 13.2 Å². The number of hydrogen-bond acceptors (Lipinski definition) is 6. The van der Waals surface area contributed by atoms with Crippen LogP contribution < -0.4 is 0 Å². The third-order valence-corrected chi connectivity index (χ3v) is 7.92. The predicted octanol–water partition coefficient (Wildman–Crippen LogP) is 4.63. The number of ketones is 1. The molecule has 0 saturated heterocycles. The SMILES string of the molecule is CCOP(=S)(OCC)SC(=CC(=O)c1cccc(Br)c1)C(=O)O. The number of benzene rings is 1. The Hall–Kier alpha value is -0.500. The average Bonchev–Trinajstić information content (AvgIpc) is 2.46. The summed E-state index contributed by atoms with van der Waals surface area (Å²) in [6, 6.07) is 6.69. The first kappa shape index (κ1) is 20.5. The number of halogens is 1. The van der Waals surface area contributed by atoms with Crippen LogP contribution in [-0.4, -0.2) is 30.1 Å². The Kier molecular flexibility index (Phi) is 8.68. The largest absolute Gasteiger partial charge is 0.477 e. The van der Waals surface area contributed by atoms with E-state index in [4.69, 9.17) is 20.9 Å². The first-order valence-corrected chi connectivity index (χ1v) is 11.5. The molecule has 0 aliphatic carbocycles. The molecule has 0 saturated carbocycles. The molecule has 0 spiro atoms. The quantitative estimate of drug-likeness (QED) is 0.342. The number of carbonyl (C=O) groups is 2. The minimum Gasteiger partial charge on any atom is -0.477 e. The van der Waals surface area contributed by atoms with E-state index in [1.165, 1.54) is 0 Å². The lowest BCUT2D eigenvalue weighted by atomic mass is 10.1. The Bertz CT molecular complexity index is 652. The fourth-order valence-electron chi connectivity index (χ4n) is 1.50. The van der Waals surface area contributed by atoms with Crippen molar-refractivity contribution in [3.05, 3.63) is 45.3 Å². The minimum absolute atomic E-state index is 0.194. The number of carbonyl (C=O) groups excluding carboxylic acids is 1. The lowest BCUT2D eigenvalue weighted by Gasteiger charge is -2.19.